The van der Waals surface area contributed by atoms with Crippen LogP contribution in [0.15, 0.2) is 22.7 Å². The predicted molar refractivity (Wildman–Crippen MR) is 82.2 cm³/mol. The van der Waals surface area contributed by atoms with Crippen LogP contribution in [0.1, 0.15) is 25.3 Å². The number of nitrogens with two attached hydrogens (primary N) is 1. The lowest BCUT2D eigenvalue weighted by Gasteiger charge is -2.14. The average molecular weight is 343 g/mol. The van der Waals surface area contributed by atoms with Crippen LogP contribution in [0.2, 0.25) is 0 Å². The number of anilines is 1. The van der Waals surface area contributed by atoms with E-state index in [0.29, 0.717) is 11.3 Å². The number of amides is 1. The summed E-state index contributed by atoms with van der Waals surface area (Å²) in [6, 6.07) is 5.39. The second-order valence-corrected chi connectivity index (χ2v) is 5.91. The van der Waals surface area contributed by atoms with Crippen LogP contribution in [0, 0.1) is 0 Å². The van der Waals surface area contributed by atoms with Crippen LogP contribution in [-0.4, -0.2) is 23.1 Å². The Balaban J connectivity index is 2.16. The number of benzene rings is 1. The van der Waals surface area contributed by atoms with Gasteiger partial charge in [-0.05, 0) is 38.0 Å². The van der Waals surface area contributed by atoms with E-state index in [-0.39, 0.29) is 17.0 Å². The molecule has 3 N–H and O–H groups in total. The van der Waals surface area contributed by atoms with Crippen LogP contribution in [0.4, 0.5) is 5.69 Å². The van der Waals surface area contributed by atoms with Crippen molar-refractivity contribution < 1.29 is 9.53 Å². The van der Waals surface area contributed by atoms with E-state index in [2.05, 4.69) is 21.2 Å². The first-order valence-electron chi connectivity index (χ1n) is 6.03. The number of rotatable bonds is 3. The molecular weight excluding hydrogens is 328 g/mol. The standard InChI is InChI=1S/C13H15BrN2O2S/c1-7-2-5-11(18-7)13(17)16-10-6-8(14)3-4-9(10)12(15)19/h3-4,6-7,11H,2,5H2,1H3,(H2,15,19)(H,16,17). The summed E-state index contributed by atoms with van der Waals surface area (Å²) < 4.78 is 6.39. The van der Waals surface area contributed by atoms with E-state index in [4.69, 9.17) is 22.7 Å². The quantitative estimate of drug-likeness (QED) is 0.828. The summed E-state index contributed by atoms with van der Waals surface area (Å²) in [5.74, 6) is -0.153. The molecule has 1 amide bonds. The Labute approximate surface area is 125 Å². The van der Waals surface area contributed by atoms with Crippen LogP contribution >= 0.6 is 28.1 Å². The summed E-state index contributed by atoms with van der Waals surface area (Å²) in [5.41, 5.74) is 6.91. The molecule has 102 valence electrons. The largest absolute Gasteiger partial charge is 0.389 e. The van der Waals surface area contributed by atoms with E-state index < -0.39 is 6.10 Å². The van der Waals surface area contributed by atoms with Crippen molar-refractivity contribution in [3.05, 3.63) is 28.2 Å². The van der Waals surface area contributed by atoms with E-state index in [1.54, 1.807) is 12.1 Å². The second-order valence-electron chi connectivity index (χ2n) is 4.56. The number of hydrogen-bond donors (Lipinski definition) is 2. The van der Waals surface area contributed by atoms with Gasteiger partial charge in [0.25, 0.3) is 5.91 Å². The lowest BCUT2D eigenvalue weighted by atomic mass is 10.1. The summed E-state index contributed by atoms with van der Waals surface area (Å²) in [6.45, 7) is 1.97. The molecule has 1 fully saturated rings. The van der Waals surface area contributed by atoms with Crippen LogP contribution in [0.25, 0.3) is 0 Å². The molecule has 0 saturated carbocycles. The molecule has 2 unspecified atom stereocenters. The van der Waals surface area contributed by atoms with Crippen LogP contribution in [0.3, 0.4) is 0 Å². The second kappa shape index (κ2) is 5.98. The fourth-order valence-corrected chi connectivity index (χ4v) is 2.58. The van der Waals surface area contributed by atoms with Crippen LogP contribution < -0.4 is 11.1 Å². The monoisotopic (exact) mass is 342 g/mol. The molecule has 0 aliphatic carbocycles. The number of carbonyl (C=O) groups excluding carboxylic acids is 1. The van der Waals surface area contributed by atoms with Gasteiger partial charge in [-0.1, -0.05) is 28.1 Å². The van der Waals surface area contributed by atoms with Crippen molar-refractivity contribution in [2.45, 2.75) is 32.0 Å². The molecular formula is C13H15BrN2O2S. The molecule has 0 bridgehead atoms. The molecule has 2 atom stereocenters. The summed E-state index contributed by atoms with van der Waals surface area (Å²) in [4.78, 5) is 12.4. The van der Waals surface area contributed by atoms with Crippen LogP contribution in [0.5, 0.6) is 0 Å². The summed E-state index contributed by atoms with van der Waals surface area (Å²) in [6.07, 6.45) is 1.38. The Hall–Kier alpha value is -0.980. The third-order valence-electron chi connectivity index (χ3n) is 3.03. The van der Waals surface area contributed by atoms with Gasteiger partial charge < -0.3 is 15.8 Å². The number of hydrogen-bond acceptors (Lipinski definition) is 3. The highest BCUT2D eigenvalue weighted by molar-refractivity contribution is 9.10. The SMILES string of the molecule is CC1CCC(C(=O)Nc2cc(Br)ccc2C(N)=S)O1. The maximum Gasteiger partial charge on any atom is 0.253 e. The van der Waals surface area contributed by atoms with Crippen molar-refractivity contribution >= 4 is 44.7 Å². The van der Waals surface area contributed by atoms with Crippen molar-refractivity contribution in [1.29, 1.82) is 0 Å². The average Bonchev–Trinajstić information content (AvgIpc) is 2.75. The lowest BCUT2D eigenvalue weighted by Crippen LogP contribution is -2.28. The smallest absolute Gasteiger partial charge is 0.253 e. The minimum atomic E-state index is -0.395. The van der Waals surface area contributed by atoms with Gasteiger partial charge in [0.05, 0.1) is 11.8 Å². The highest BCUT2D eigenvalue weighted by Crippen LogP contribution is 2.24. The van der Waals surface area contributed by atoms with E-state index in [9.17, 15) is 4.79 Å². The van der Waals surface area contributed by atoms with Crippen molar-refractivity contribution in [3.63, 3.8) is 0 Å². The third kappa shape index (κ3) is 3.52. The highest BCUT2D eigenvalue weighted by atomic mass is 79.9. The van der Waals surface area contributed by atoms with Crippen molar-refractivity contribution in [3.8, 4) is 0 Å². The maximum atomic E-state index is 12.1. The maximum absolute atomic E-state index is 12.1. The molecule has 2 rings (SSSR count). The van der Waals surface area contributed by atoms with Gasteiger partial charge in [-0.25, -0.2) is 0 Å². The van der Waals surface area contributed by atoms with Gasteiger partial charge in [0, 0.05) is 10.0 Å². The molecule has 0 spiro atoms. The predicted octanol–water partition coefficient (Wildman–Crippen LogP) is 2.59. The van der Waals surface area contributed by atoms with Gasteiger partial charge in [0.2, 0.25) is 0 Å². The first-order valence-corrected chi connectivity index (χ1v) is 7.23. The van der Waals surface area contributed by atoms with Crippen molar-refractivity contribution in [2.24, 2.45) is 5.73 Å². The number of ether oxygens (including phenoxy) is 1. The zero-order valence-corrected chi connectivity index (χ0v) is 12.9. The fraction of sp³-hybridized carbons (Fsp3) is 0.385. The Bertz CT molecular complexity index is 521. The number of carbonyl (C=O) groups is 1. The van der Waals surface area contributed by atoms with E-state index in [1.807, 2.05) is 13.0 Å². The molecule has 19 heavy (non-hydrogen) atoms. The Kier molecular flexibility index (Phi) is 4.54. The topological polar surface area (TPSA) is 64.4 Å². The Morgan fingerprint density at radius 3 is 2.84 bits per heavy atom. The number of nitrogens with one attached hydrogen (secondary N) is 1. The van der Waals surface area contributed by atoms with E-state index >= 15 is 0 Å². The van der Waals surface area contributed by atoms with E-state index in [1.165, 1.54) is 0 Å². The summed E-state index contributed by atoms with van der Waals surface area (Å²) in [7, 11) is 0. The summed E-state index contributed by atoms with van der Waals surface area (Å²) in [5, 5.41) is 2.83. The molecule has 6 heteroatoms. The molecule has 1 aliphatic heterocycles. The molecule has 1 aliphatic rings. The minimum absolute atomic E-state index is 0.133. The van der Waals surface area contributed by atoms with Crippen LogP contribution in [-0.2, 0) is 9.53 Å². The Morgan fingerprint density at radius 2 is 2.26 bits per heavy atom. The van der Waals surface area contributed by atoms with Gasteiger partial charge in [-0.15, -0.1) is 0 Å². The van der Waals surface area contributed by atoms with Crippen molar-refractivity contribution in [1.82, 2.24) is 0 Å². The van der Waals surface area contributed by atoms with Gasteiger partial charge >= 0.3 is 0 Å². The number of halogens is 1. The Morgan fingerprint density at radius 1 is 1.53 bits per heavy atom. The van der Waals surface area contributed by atoms with Gasteiger partial charge in [-0.3, -0.25) is 4.79 Å². The fourth-order valence-electron chi connectivity index (χ4n) is 2.04. The van der Waals surface area contributed by atoms with Gasteiger partial charge in [-0.2, -0.15) is 0 Å². The molecule has 1 heterocycles. The van der Waals surface area contributed by atoms with Crippen molar-refractivity contribution in [2.75, 3.05) is 5.32 Å². The zero-order valence-electron chi connectivity index (χ0n) is 10.5. The summed E-state index contributed by atoms with van der Waals surface area (Å²) >= 11 is 8.34. The molecule has 1 aromatic rings. The zero-order chi connectivity index (χ0) is 14.0. The first kappa shape index (κ1) is 14.4. The van der Waals surface area contributed by atoms with Gasteiger partial charge in [0.1, 0.15) is 11.1 Å². The van der Waals surface area contributed by atoms with E-state index in [0.717, 1.165) is 17.3 Å². The lowest BCUT2D eigenvalue weighted by molar-refractivity contribution is -0.126. The molecule has 1 aromatic carbocycles. The van der Waals surface area contributed by atoms with Gasteiger partial charge in [0.15, 0.2) is 0 Å². The molecule has 1 saturated heterocycles. The number of thiocarbonyl (C=S) groups is 1. The first-order chi connectivity index (χ1) is 8.97. The third-order valence-corrected chi connectivity index (χ3v) is 3.74. The highest BCUT2D eigenvalue weighted by Gasteiger charge is 2.28. The molecule has 0 aromatic heterocycles. The molecule has 0 radical (unpaired) electrons. The normalized spacial score (nSPS) is 22.2. The minimum Gasteiger partial charge on any atom is -0.389 e. The molecule has 4 nitrogen and oxygen atoms in total.